The Morgan fingerprint density at radius 1 is 1.17 bits per heavy atom. The maximum atomic E-state index is 12.0. The lowest BCUT2D eigenvalue weighted by atomic mass is 10.2. The van der Waals surface area contributed by atoms with Crippen molar-refractivity contribution in [3.05, 3.63) is 58.6 Å². The third-order valence-corrected chi connectivity index (χ3v) is 3.32. The lowest BCUT2D eigenvalue weighted by molar-refractivity contribution is -0.114. The van der Waals surface area contributed by atoms with Crippen molar-refractivity contribution in [2.24, 2.45) is 5.10 Å². The lowest BCUT2D eigenvalue weighted by Gasteiger charge is -2.04. The molecule has 2 amide bonds. The van der Waals surface area contributed by atoms with E-state index >= 15 is 0 Å². The number of benzene rings is 2. The van der Waals surface area contributed by atoms with Gasteiger partial charge in [0.25, 0.3) is 5.91 Å². The Balaban J connectivity index is 1.97. The number of halogens is 1. The molecule has 0 spiro atoms. The normalized spacial score (nSPS) is 10.5. The summed E-state index contributed by atoms with van der Waals surface area (Å²) in [6, 6.07) is 11.6. The van der Waals surface area contributed by atoms with E-state index in [4.69, 9.17) is 16.3 Å². The van der Waals surface area contributed by atoms with Gasteiger partial charge in [-0.1, -0.05) is 11.6 Å². The second kappa shape index (κ2) is 8.12. The van der Waals surface area contributed by atoms with Gasteiger partial charge >= 0.3 is 0 Å². The van der Waals surface area contributed by atoms with Crippen LogP contribution in [0.3, 0.4) is 0 Å². The molecule has 6 nitrogen and oxygen atoms in total. The highest BCUT2D eigenvalue weighted by Gasteiger charge is 2.05. The minimum atomic E-state index is -0.361. The van der Waals surface area contributed by atoms with Gasteiger partial charge in [0.05, 0.1) is 18.3 Å². The number of nitrogens with zero attached hydrogens (tertiary/aromatic N) is 1. The summed E-state index contributed by atoms with van der Waals surface area (Å²) in [5.74, 6) is 0.0345. The zero-order valence-corrected chi connectivity index (χ0v) is 13.9. The highest BCUT2D eigenvalue weighted by atomic mass is 35.5. The summed E-state index contributed by atoms with van der Waals surface area (Å²) >= 11 is 6.01. The van der Waals surface area contributed by atoms with E-state index in [1.165, 1.54) is 20.2 Å². The molecule has 0 saturated carbocycles. The second-order valence-electron chi connectivity index (χ2n) is 4.85. The van der Waals surface area contributed by atoms with Crippen molar-refractivity contribution in [1.82, 2.24) is 5.43 Å². The van der Waals surface area contributed by atoms with Gasteiger partial charge in [-0.25, -0.2) is 5.43 Å². The van der Waals surface area contributed by atoms with Crippen LogP contribution < -0.4 is 15.5 Å². The van der Waals surface area contributed by atoms with Gasteiger partial charge in [-0.15, -0.1) is 0 Å². The Hall–Kier alpha value is -2.86. The summed E-state index contributed by atoms with van der Waals surface area (Å²) in [4.78, 5) is 22.9. The number of hydrazone groups is 1. The van der Waals surface area contributed by atoms with Crippen LogP contribution in [0, 0.1) is 0 Å². The molecule has 24 heavy (non-hydrogen) atoms. The van der Waals surface area contributed by atoms with Crippen LogP contribution in [-0.2, 0) is 4.79 Å². The Morgan fingerprint density at radius 3 is 2.46 bits per heavy atom. The van der Waals surface area contributed by atoms with Crippen molar-refractivity contribution in [3.63, 3.8) is 0 Å². The maximum absolute atomic E-state index is 12.0. The van der Waals surface area contributed by atoms with Crippen LogP contribution in [0.2, 0.25) is 5.02 Å². The summed E-state index contributed by atoms with van der Waals surface area (Å²) in [5.41, 5.74) is 4.19. The molecule has 0 atom stereocenters. The van der Waals surface area contributed by atoms with Gasteiger partial charge in [0.1, 0.15) is 5.75 Å². The molecule has 0 fully saturated rings. The molecule has 2 rings (SSSR count). The Bertz CT molecular complexity index is 773. The molecular weight excluding hydrogens is 330 g/mol. The number of hydrogen-bond acceptors (Lipinski definition) is 4. The standard InChI is InChI=1S/C17H16ClN3O3/c1-11(22)20-14-6-4-13(5-7-14)17(23)21-19-10-12-3-8-16(24-2)15(18)9-12/h3-10H,1-2H3,(H,20,22)(H,21,23). The number of anilines is 1. The monoisotopic (exact) mass is 345 g/mol. The highest BCUT2D eigenvalue weighted by molar-refractivity contribution is 6.32. The zero-order chi connectivity index (χ0) is 17.5. The van der Waals surface area contributed by atoms with E-state index in [9.17, 15) is 9.59 Å². The fourth-order valence-electron chi connectivity index (χ4n) is 1.90. The largest absolute Gasteiger partial charge is 0.495 e. The fourth-order valence-corrected chi connectivity index (χ4v) is 2.17. The van der Waals surface area contributed by atoms with Gasteiger partial charge in [0, 0.05) is 18.2 Å². The number of amides is 2. The van der Waals surface area contributed by atoms with E-state index in [2.05, 4.69) is 15.8 Å². The molecule has 0 aliphatic carbocycles. The van der Waals surface area contributed by atoms with Gasteiger partial charge in [-0.2, -0.15) is 5.10 Å². The van der Waals surface area contributed by atoms with Crippen molar-refractivity contribution < 1.29 is 14.3 Å². The van der Waals surface area contributed by atoms with Crippen LogP contribution in [0.1, 0.15) is 22.8 Å². The molecule has 124 valence electrons. The van der Waals surface area contributed by atoms with E-state index < -0.39 is 0 Å². The van der Waals surface area contributed by atoms with Crippen molar-refractivity contribution in [2.75, 3.05) is 12.4 Å². The molecule has 0 aromatic heterocycles. The topological polar surface area (TPSA) is 79.8 Å². The molecule has 2 aromatic carbocycles. The minimum Gasteiger partial charge on any atom is -0.495 e. The molecule has 2 aromatic rings. The zero-order valence-electron chi connectivity index (χ0n) is 13.2. The number of hydrogen-bond donors (Lipinski definition) is 2. The quantitative estimate of drug-likeness (QED) is 0.645. The SMILES string of the molecule is COc1ccc(C=NNC(=O)c2ccc(NC(C)=O)cc2)cc1Cl. The predicted molar refractivity (Wildman–Crippen MR) is 93.8 cm³/mol. The summed E-state index contributed by atoms with van der Waals surface area (Å²) in [7, 11) is 1.53. The van der Waals surface area contributed by atoms with Gasteiger partial charge < -0.3 is 10.1 Å². The Morgan fingerprint density at radius 2 is 1.88 bits per heavy atom. The van der Waals surface area contributed by atoms with E-state index in [0.717, 1.165) is 5.56 Å². The minimum absolute atomic E-state index is 0.171. The van der Waals surface area contributed by atoms with Crippen LogP contribution in [-0.4, -0.2) is 25.1 Å². The molecule has 0 heterocycles. The summed E-state index contributed by atoms with van der Waals surface area (Å²) in [6.07, 6.45) is 1.48. The fraction of sp³-hybridized carbons (Fsp3) is 0.118. The summed E-state index contributed by atoms with van der Waals surface area (Å²) in [6.45, 7) is 1.42. The van der Waals surface area contributed by atoms with Gasteiger partial charge in [-0.05, 0) is 48.0 Å². The summed E-state index contributed by atoms with van der Waals surface area (Å²) < 4.78 is 5.06. The molecule has 0 bridgehead atoms. The first-order chi connectivity index (χ1) is 11.5. The average molecular weight is 346 g/mol. The summed E-state index contributed by atoms with van der Waals surface area (Å²) in [5, 5.41) is 6.98. The van der Waals surface area contributed by atoms with E-state index in [1.807, 2.05) is 0 Å². The number of rotatable bonds is 5. The number of carbonyl (C=O) groups excluding carboxylic acids is 2. The first-order valence-corrected chi connectivity index (χ1v) is 7.42. The maximum Gasteiger partial charge on any atom is 0.271 e. The number of nitrogens with one attached hydrogen (secondary N) is 2. The number of methoxy groups -OCH3 is 1. The molecule has 0 aliphatic heterocycles. The third kappa shape index (κ3) is 4.82. The second-order valence-corrected chi connectivity index (χ2v) is 5.26. The number of ether oxygens (including phenoxy) is 1. The lowest BCUT2D eigenvalue weighted by Crippen LogP contribution is -2.17. The Labute approximate surface area is 144 Å². The molecular formula is C17H16ClN3O3. The van der Waals surface area contributed by atoms with Gasteiger partial charge in [-0.3, -0.25) is 9.59 Å². The molecule has 0 saturated heterocycles. The van der Waals surface area contributed by atoms with Crippen molar-refractivity contribution >= 4 is 35.3 Å². The van der Waals surface area contributed by atoms with Crippen LogP contribution in [0.25, 0.3) is 0 Å². The van der Waals surface area contributed by atoms with Crippen molar-refractivity contribution in [2.45, 2.75) is 6.92 Å². The first-order valence-electron chi connectivity index (χ1n) is 7.04. The van der Waals surface area contributed by atoms with Crippen molar-refractivity contribution in [3.8, 4) is 5.75 Å². The molecule has 0 unspecified atom stereocenters. The van der Waals surface area contributed by atoms with E-state index in [-0.39, 0.29) is 11.8 Å². The smallest absolute Gasteiger partial charge is 0.271 e. The van der Waals surface area contributed by atoms with Crippen molar-refractivity contribution in [1.29, 1.82) is 0 Å². The first kappa shape index (κ1) is 17.5. The molecule has 7 heteroatoms. The molecule has 2 N–H and O–H groups in total. The molecule has 0 radical (unpaired) electrons. The van der Waals surface area contributed by atoms with Crippen LogP contribution in [0.5, 0.6) is 5.75 Å². The van der Waals surface area contributed by atoms with Crippen LogP contribution in [0.15, 0.2) is 47.6 Å². The van der Waals surface area contributed by atoms with Crippen LogP contribution >= 0.6 is 11.6 Å². The van der Waals surface area contributed by atoms with Gasteiger partial charge in [0.2, 0.25) is 5.91 Å². The third-order valence-electron chi connectivity index (χ3n) is 3.02. The Kier molecular flexibility index (Phi) is 5.92. The van der Waals surface area contributed by atoms with Crippen LogP contribution in [0.4, 0.5) is 5.69 Å². The van der Waals surface area contributed by atoms with E-state index in [0.29, 0.717) is 22.0 Å². The highest BCUT2D eigenvalue weighted by Crippen LogP contribution is 2.24. The molecule has 0 aliphatic rings. The van der Waals surface area contributed by atoms with E-state index in [1.54, 1.807) is 42.5 Å². The predicted octanol–water partition coefficient (Wildman–Crippen LogP) is 3.07. The number of carbonyl (C=O) groups is 2. The van der Waals surface area contributed by atoms with Gasteiger partial charge in [0.15, 0.2) is 0 Å². The average Bonchev–Trinajstić information content (AvgIpc) is 2.55.